The van der Waals surface area contributed by atoms with E-state index < -0.39 is 11.8 Å². The first kappa shape index (κ1) is 21.9. The number of rotatable bonds is 3. The van der Waals surface area contributed by atoms with Crippen LogP contribution in [0, 0.1) is 40.9 Å². The number of carbonyl (C=O) groups excluding carboxylic acids is 1. The monoisotopic (exact) mass is 454 g/mol. The Balaban J connectivity index is 1.30. The quantitative estimate of drug-likeness (QED) is 0.572. The summed E-state index contributed by atoms with van der Waals surface area (Å²) in [5.41, 5.74) is -2.44. The highest BCUT2D eigenvalue weighted by atomic mass is 32.1. The van der Waals surface area contributed by atoms with Crippen LogP contribution in [0.15, 0.2) is 17.5 Å². The molecule has 5 rings (SSSR count). The molecule has 6 heteroatoms. The van der Waals surface area contributed by atoms with Gasteiger partial charge in [-0.15, -0.1) is 11.3 Å². The van der Waals surface area contributed by atoms with Crippen LogP contribution < -0.4 is 0 Å². The number of thiophene rings is 1. The first-order valence-electron chi connectivity index (χ1n) is 12.0. The molecule has 1 heterocycles. The van der Waals surface area contributed by atoms with Gasteiger partial charge in [0.25, 0.3) is 0 Å². The topological polar surface area (TPSA) is 37.3 Å². The molecule has 0 spiro atoms. The van der Waals surface area contributed by atoms with Gasteiger partial charge in [-0.3, -0.25) is 4.79 Å². The van der Waals surface area contributed by atoms with Crippen LogP contribution in [0.2, 0.25) is 0 Å². The van der Waals surface area contributed by atoms with Crippen LogP contribution in [0.3, 0.4) is 0 Å². The molecule has 4 aliphatic carbocycles. The third-order valence-corrected chi connectivity index (χ3v) is 10.7. The molecule has 2 nitrogen and oxygen atoms in total. The van der Waals surface area contributed by atoms with Gasteiger partial charge in [0.1, 0.15) is 5.78 Å². The predicted octanol–water partition coefficient (Wildman–Crippen LogP) is 6.42. The lowest BCUT2D eigenvalue weighted by atomic mass is 9.48. The van der Waals surface area contributed by atoms with Gasteiger partial charge in [-0.05, 0) is 104 Å². The van der Waals surface area contributed by atoms with Gasteiger partial charge in [-0.2, -0.15) is 13.2 Å². The van der Waals surface area contributed by atoms with Gasteiger partial charge in [-0.25, -0.2) is 0 Å². The van der Waals surface area contributed by atoms with Crippen LogP contribution in [0.4, 0.5) is 13.2 Å². The second-order valence-electron chi connectivity index (χ2n) is 11.1. The van der Waals surface area contributed by atoms with E-state index >= 15 is 0 Å². The zero-order chi connectivity index (χ0) is 22.0. The van der Waals surface area contributed by atoms with Crippen LogP contribution >= 0.6 is 11.3 Å². The molecule has 4 fully saturated rings. The first-order valence-corrected chi connectivity index (χ1v) is 12.8. The summed E-state index contributed by atoms with van der Waals surface area (Å²) in [6, 6.07) is 4.04. The van der Waals surface area contributed by atoms with Crippen molar-refractivity contribution < 1.29 is 23.1 Å². The number of halogens is 3. The van der Waals surface area contributed by atoms with Gasteiger partial charge < -0.3 is 5.11 Å². The van der Waals surface area contributed by atoms with Crippen LogP contribution in [0.1, 0.15) is 69.6 Å². The van der Waals surface area contributed by atoms with Gasteiger partial charge in [0, 0.05) is 17.2 Å². The number of hydrogen-bond donors (Lipinski definition) is 1. The highest BCUT2D eigenvalue weighted by Gasteiger charge is 2.62. The van der Waals surface area contributed by atoms with Crippen LogP contribution in [-0.2, 0) is 11.2 Å². The maximum Gasteiger partial charge on any atom is 0.417 e. The lowest BCUT2D eigenvalue weighted by Gasteiger charge is -2.57. The zero-order valence-corrected chi connectivity index (χ0v) is 19.0. The molecule has 0 unspecified atom stereocenters. The largest absolute Gasteiger partial charge is 0.417 e. The van der Waals surface area contributed by atoms with E-state index in [-0.39, 0.29) is 30.1 Å². The Labute approximate surface area is 186 Å². The fourth-order valence-electron chi connectivity index (χ4n) is 8.37. The highest BCUT2D eigenvalue weighted by molar-refractivity contribution is 7.10. The predicted molar refractivity (Wildman–Crippen MR) is 115 cm³/mol. The average molecular weight is 455 g/mol. The summed E-state index contributed by atoms with van der Waals surface area (Å²) in [6.45, 7) is 2.33. The maximum atomic E-state index is 13.4. The summed E-state index contributed by atoms with van der Waals surface area (Å²) in [4.78, 5) is 14.3. The molecule has 31 heavy (non-hydrogen) atoms. The third-order valence-electron chi connectivity index (χ3n) is 9.85. The molecule has 4 aliphatic rings. The minimum absolute atomic E-state index is 0.0105. The minimum Gasteiger partial charge on any atom is -0.380 e. The second-order valence-corrected chi connectivity index (χ2v) is 12.1. The number of hydrogen-bond acceptors (Lipinski definition) is 3. The second kappa shape index (κ2) is 7.58. The number of carbonyl (C=O) groups is 1. The molecule has 1 N–H and O–H groups in total. The van der Waals surface area contributed by atoms with Crippen molar-refractivity contribution in [3.8, 4) is 0 Å². The Bertz CT molecular complexity index is 821. The molecule has 0 bridgehead atoms. The summed E-state index contributed by atoms with van der Waals surface area (Å²) in [7, 11) is 0. The molecule has 172 valence electrons. The van der Waals surface area contributed by atoms with Gasteiger partial charge in [0.15, 0.2) is 5.60 Å². The summed E-state index contributed by atoms with van der Waals surface area (Å²) in [5, 5.41) is 12.3. The van der Waals surface area contributed by atoms with Gasteiger partial charge in [-0.1, -0.05) is 13.0 Å². The summed E-state index contributed by atoms with van der Waals surface area (Å²) >= 11 is 1.65. The number of ketones is 1. The van der Waals surface area contributed by atoms with Crippen LogP contribution in [-0.4, -0.2) is 22.7 Å². The SMILES string of the molecule is C[C@]12CC[C@H]3[C@@H](CC[C@H]4C[C@@](O)(C(F)(F)F)CC[C@@H]43)[C@@H]1CC[C@@H]2C(=O)Cc1cccs1. The highest BCUT2D eigenvalue weighted by Crippen LogP contribution is 2.65. The lowest BCUT2D eigenvalue weighted by Crippen LogP contribution is -2.55. The summed E-state index contributed by atoms with van der Waals surface area (Å²) in [5.74, 6) is 2.34. The molecule has 1 aromatic heterocycles. The van der Waals surface area contributed by atoms with Gasteiger partial charge in [0.2, 0.25) is 0 Å². The maximum absolute atomic E-state index is 13.4. The number of aliphatic hydroxyl groups is 1. The zero-order valence-electron chi connectivity index (χ0n) is 18.2. The number of alkyl halides is 3. The van der Waals surface area contributed by atoms with Crippen molar-refractivity contribution >= 4 is 17.1 Å². The minimum atomic E-state index is -4.53. The Morgan fingerprint density at radius 1 is 1.10 bits per heavy atom. The third kappa shape index (κ3) is 3.51. The smallest absolute Gasteiger partial charge is 0.380 e. The molecule has 0 amide bonds. The fraction of sp³-hybridized carbons (Fsp3) is 0.800. The molecular weight excluding hydrogens is 421 g/mol. The van der Waals surface area contributed by atoms with E-state index in [9.17, 15) is 23.1 Å². The molecule has 4 saturated carbocycles. The molecule has 0 aliphatic heterocycles. The standard InChI is InChI=1S/C25H33F3O2S/c1-23-10-8-18-17-9-11-24(30,25(26,27)28)14-15(17)4-5-19(18)20(23)6-7-21(23)22(29)13-16-3-2-12-31-16/h2-3,12,15,17-21,30H,4-11,13-14H2,1H3/t15-,17-,18+,19+,20-,21+,23-,24+/m0/s1. The van der Waals surface area contributed by atoms with Crippen molar-refractivity contribution in [2.75, 3.05) is 0 Å². The van der Waals surface area contributed by atoms with Crippen molar-refractivity contribution in [2.24, 2.45) is 40.9 Å². The fourth-order valence-corrected chi connectivity index (χ4v) is 9.09. The Hall–Kier alpha value is -0.880. The summed E-state index contributed by atoms with van der Waals surface area (Å²) < 4.78 is 40.3. The van der Waals surface area contributed by atoms with E-state index in [1.54, 1.807) is 11.3 Å². The van der Waals surface area contributed by atoms with E-state index in [2.05, 4.69) is 6.92 Å². The lowest BCUT2D eigenvalue weighted by molar-refractivity contribution is -0.282. The van der Waals surface area contributed by atoms with Crippen molar-refractivity contribution in [2.45, 2.75) is 82.9 Å². The Morgan fingerprint density at radius 3 is 2.58 bits per heavy atom. The van der Waals surface area contributed by atoms with Crippen molar-refractivity contribution in [3.63, 3.8) is 0 Å². The molecule has 8 atom stereocenters. The number of fused-ring (bicyclic) bond motifs is 5. The van der Waals surface area contributed by atoms with Crippen molar-refractivity contribution in [1.29, 1.82) is 0 Å². The average Bonchev–Trinajstić information content (AvgIpc) is 3.33. The van der Waals surface area contributed by atoms with Crippen molar-refractivity contribution in [3.05, 3.63) is 22.4 Å². The molecule has 0 aromatic carbocycles. The number of Topliss-reactive ketones (excluding diaryl/α,β-unsaturated/α-hetero) is 1. The van der Waals surface area contributed by atoms with Gasteiger partial charge >= 0.3 is 6.18 Å². The normalized spacial score (nSPS) is 44.9. The van der Waals surface area contributed by atoms with Crippen molar-refractivity contribution in [1.82, 2.24) is 0 Å². The van der Waals surface area contributed by atoms with Crippen LogP contribution in [0.5, 0.6) is 0 Å². The molecule has 1 aromatic rings. The van der Waals surface area contributed by atoms with E-state index in [1.165, 1.54) is 0 Å². The van der Waals surface area contributed by atoms with Crippen LogP contribution in [0.25, 0.3) is 0 Å². The van der Waals surface area contributed by atoms with E-state index in [4.69, 9.17) is 0 Å². The molecular formula is C25H33F3O2S. The van der Waals surface area contributed by atoms with Gasteiger partial charge in [0.05, 0.1) is 0 Å². The Morgan fingerprint density at radius 2 is 1.87 bits per heavy atom. The molecule has 0 saturated heterocycles. The molecule has 0 radical (unpaired) electrons. The van der Waals surface area contributed by atoms with E-state index in [1.807, 2.05) is 17.5 Å². The Kier molecular flexibility index (Phi) is 5.36. The van der Waals surface area contributed by atoms with E-state index in [0.717, 1.165) is 43.4 Å². The van der Waals surface area contributed by atoms with E-state index in [0.29, 0.717) is 42.3 Å². The summed E-state index contributed by atoms with van der Waals surface area (Å²) in [6.07, 6.45) is 2.11. The first-order chi connectivity index (χ1) is 14.6.